The van der Waals surface area contributed by atoms with Crippen LogP contribution in [0.5, 0.6) is 5.75 Å². The lowest BCUT2D eigenvalue weighted by molar-refractivity contribution is -0.141. The van der Waals surface area contributed by atoms with Crippen LogP contribution in [0, 0.1) is 5.92 Å². The number of aliphatic carboxylic acids is 1. The molecule has 0 saturated heterocycles. The van der Waals surface area contributed by atoms with Gasteiger partial charge in [0.25, 0.3) is 5.91 Å². The van der Waals surface area contributed by atoms with Crippen LogP contribution in [0.1, 0.15) is 29.6 Å². The van der Waals surface area contributed by atoms with Gasteiger partial charge in [0.05, 0.1) is 11.5 Å². The molecular formula is C13H14BrNO4. The minimum Gasteiger partial charge on any atom is -0.507 e. The average Bonchev–Trinajstić information content (AvgIpc) is 2.80. The maximum atomic E-state index is 12.0. The fraction of sp³-hybridized carbons (Fsp3) is 0.385. The minimum atomic E-state index is -0.818. The van der Waals surface area contributed by atoms with E-state index in [1.165, 1.54) is 12.1 Å². The standard InChI is InChI=1S/C13H14BrNO4/c14-8-2-4-11(16)10(6-8)12(17)15-9-3-1-7(5-9)13(18)19/h2,4,6-7,9,16H,1,3,5H2,(H,15,17)(H,18,19). The number of aromatic hydroxyl groups is 1. The third-order valence-electron chi connectivity index (χ3n) is 3.32. The summed E-state index contributed by atoms with van der Waals surface area (Å²) in [6.45, 7) is 0. The van der Waals surface area contributed by atoms with Crippen molar-refractivity contribution >= 4 is 27.8 Å². The number of rotatable bonds is 3. The molecule has 1 aliphatic carbocycles. The highest BCUT2D eigenvalue weighted by Gasteiger charge is 2.31. The van der Waals surface area contributed by atoms with Gasteiger partial charge in [-0.1, -0.05) is 15.9 Å². The molecule has 1 aliphatic rings. The Bertz CT molecular complexity index is 517. The molecule has 2 rings (SSSR count). The first-order valence-corrected chi connectivity index (χ1v) is 6.79. The van der Waals surface area contributed by atoms with Gasteiger partial charge in [-0.15, -0.1) is 0 Å². The first-order chi connectivity index (χ1) is 8.97. The van der Waals surface area contributed by atoms with Crippen molar-refractivity contribution in [1.82, 2.24) is 5.32 Å². The van der Waals surface area contributed by atoms with Gasteiger partial charge < -0.3 is 15.5 Å². The van der Waals surface area contributed by atoms with Crippen molar-refractivity contribution in [3.05, 3.63) is 28.2 Å². The summed E-state index contributed by atoms with van der Waals surface area (Å²) in [6.07, 6.45) is 1.66. The van der Waals surface area contributed by atoms with E-state index >= 15 is 0 Å². The molecule has 1 amide bonds. The number of carboxylic acid groups (broad SMARTS) is 1. The van der Waals surface area contributed by atoms with Crippen LogP contribution in [0.3, 0.4) is 0 Å². The lowest BCUT2D eigenvalue weighted by atomic mass is 10.1. The van der Waals surface area contributed by atoms with Crippen molar-refractivity contribution in [2.24, 2.45) is 5.92 Å². The van der Waals surface area contributed by atoms with Crippen molar-refractivity contribution in [2.75, 3.05) is 0 Å². The highest BCUT2D eigenvalue weighted by Crippen LogP contribution is 2.27. The van der Waals surface area contributed by atoms with Gasteiger partial charge in [-0.25, -0.2) is 0 Å². The normalized spacial score (nSPS) is 22.2. The monoisotopic (exact) mass is 327 g/mol. The number of halogens is 1. The summed E-state index contributed by atoms with van der Waals surface area (Å²) < 4.78 is 0.699. The lowest BCUT2D eigenvalue weighted by Crippen LogP contribution is -2.33. The van der Waals surface area contributed by atoms with E-state index in [0.29, 0.717) is 23.7 Å². The molecule has 5 nitrogen and oxygen atoms in total. The number of hydrogen-bond acceptors (Lipinski definition) is 3. The number of benzene rings is 1. The van der Waals surface area contributed by atoms with E-state index in [1.54, 1.807) is 6.07 Å². The molecule has 0 bridgehead atoms. The van der Waals surface area contributed by atoms with E-state index in [2.05, 4.69) is 21.2 Å². The van der Waals surface area contributed by atoms with E-state index in [1.807, 2.05) is 0 Å². The predicted octanol–water partition coefficient (Wildman–Crippen LogP) is 2.14. The van der Waals surface area contributed by atoms with E-state index in [9.17, 15) is 14.7 Å². The number of nitrogens with one attached hydrogen (secondary N) is 1. The molecule has 0 heterocycles. The van der Waals surface area contributed by atoms with E-state index in [4.69, 9.17) is 5.11 Å². The zero-order valence-electron chi connectivity index (χ0n) is 10.1. The van der Waals surface area contributed by atoms with Gasteiger partial charge in [0.1, 0.15) is 5.75 Å². The fourth-order valence-electron chi connectivity index (χ4n) is 2.29. The van der Waals surface area contributed by atoms with Crippen molar-refractivity contribution in [3.63, 3.8) is 0 Å². The maximum absolute atomic E-state index is 12.0. The number of carboxylic acids is 1. The highest BCUT2D eigenvalue weighted by molar-refractivity contribution is 9.10. The first-order valence-electron chi connectivity index (χ1n) is 5.99. The summed E-state index contributed by atoms with van der Waals surface area (Å²) in [4.78, 5) is 22.9. The van der Waals surface area contributed by atoms with E-state index in [0.717, 1.165) is 0 Å². The molecule has 2 atom stereocenters. The van der Waals surface area contributed by atoms with Crippen LogP contribution in [0.4, 0.5) is 0 Å². The van der Waals surface area contributed by atoms with Gasteiger partial charge in [-0.3, -0.25) is 9.59 Å². The number of carbonyl (C=O) groups is 2. The molecule has 2 unspecified atom stereocenters. The summed E-state index contributed by atoms with van der Waals surface area (Å²) >= 11 is 3.24. The Morgan fingerprint density at radius 3 is 2.68 bits per heavy atom. The van der Waals surface area contributed by atoms with Gasteiger partial charge in [-0.2, -0.15) is 0 Å². The number of phenols is 1. The average molecular weight is 328 g/mol. The molecule has 1 fully saturated rings. The fourth-order valence-corrected chi connectivity index (χ4v) is 2.65. The third kappa shape index (κ3) is 3.26. The smallest absolute Gasteiger partial charge is 0.306 e. The number of phenolic OH excluding ortho intramolecular Hbond substituents is 1. The maximum Gasteiger partial charge on any atom is 0.306 e. The topological polar surface area (TPSA) is 86.6 Å². The Morgan fingerprint density at radius 2 is 2.05 bits per heavy atom. The molecule has 102 valence electrons. The van der Waals surface area contributed by atoms with Crippen molar-refractivity contribution in [1.29, 1.82) is 0 Å². The van der Waals surface area contributed by atoms with E-state index in [-0.39, 0.29) is 29.2 Å². The third-order valence-corrected chi connectivity index (χ3v) is 3.81. The Morgan fingerprint density at radius 1 is 1.32 bits per heavy atom. The quantitative estimate of drug-likeness (QED) is 0.793. The second-order valence-corrected chi connectivity index (χ2v) is 5.60. The highest BCUT2D eigenvalue weighted by atomic mass is 79.9. The summed E-state index contributed by atoms with van der Waals surface area (Å²) in [7, 11) is 0. The number of amides is 1. The summed E-state index contributed by atoms with van der Waals surface area (Å²) in [5.41, 5.74) is 0.188. The van der Waals surface area contributed by atoms with Crippen molar-refractivity contribution in [2.45, 2.75) is 25.3 Å². The number of hydrogen-bond donors (Lipinski definition) is 3. The Labute approximate surface area is 118 Å². The van der Waals surface area contributed by atoms with Crippen LogP contribution < -0.4 is 5.32 Å². The molecule has 19 heavy (non-hydrogen) atoms. The minimum absolute atomic E-state index is 0.0894. The molecule has 1 aromatic carbocycles. The molecule has 6 heteroatoms. The van der Waals surface area contributed by atoms with Gasteiger partial charge >= 0.3 is 5.97 Å². The molecule has 3 N–H and O–H groups in total. The molecule has 1 aromatic rings. The molecular weight excluding hydrogens is 314 g/mol. The predicted molar refractivity (Wildman–Crippen MR) is 72.0 cm³/mol. The van der Waals surface area contributed by atoms with Crippen molar-refractivity contribution < 1.29 is 19.8 Å². The van der Waals surface area contributed by atoms with Crippen LogP contribution in [-0.4, -0.2) is 28.1 Å². The Kier molecular flexibility index (Phi) is 4.09. The second kappa shape index (κ2) is 5.61. The van der Waals surface area contributed by atoms with Crippen LogP contribution >= 0.6 is 15.9 Å². The molecule has 0 radical (unpaired) electrons. The SMILES string of the molecule is O=C(NC1CCC(C(=O)O)C1)c1cc(Br)ccc1O. The van der Waals surface area contributed by atoms with Gasteiger partial charge in [-0.05, 0) is 37.5 Å². The summed E-state index contributed by atoms with van der Waals surface area (Å²) in [6, 6.07) is 4.47. The molecule has 1 saturated carbocycles. The Balaban J connectivity index is 2.02. The van der Waals surface area contributed by atoms with E-state index < -0.39 is 5.97 Å². The van der Waals surface area contributed by atoms with Crippen LogP contribution in [0.25, 0.3) is 0 Å². The van der Waals surface area contributed by atoms with Crippen LogP contribution in [-0.2, 0) is 4.79 Å². The van der Waals surface area contributed by atoms with Crippen LogP contribution in [0.15, 0.2) is 22.7 Å². The Hall–Kier alpha value is -1.56. The molecule has 0 spiro atoms. The van der Waals surface area contributed by atoms with Gasteiger partial charge in [0.2, 0.25) is 0 Å². The zero-order valence-corrected chi connectivity index (χ0v) is 11.7. The second-order valence-electron chi connectivity index (χ2n) is 4.68. The van der Waals surface area contributed by atoms with Crippen LogP contribution in [0.2, 0.25) is 0 Å². The largest absolute Gasteiger partial charge is 0.507 e. The number of carbonyl (C=O) groups excluding carboxylic acids is 1. The van der Waals surface area contributed by atoms with Crippen molar-refractivity contribution in [3.8, 4) is 5.75 Å². The van der Waals surface area contributed by atoms with Gasteiger partial charge in [0, 0.05) is 10.5 Å². The first kappa shape index (κ1) is 13.9. The van der Waals surface area contributed by atoms with Gasteiger partial charge in [0.15, 0.2) is 0 Å². The molecule has 0 aromatic heterocycles. The lowest BCUT2D eigenvalue weighted by Gasteiger charge is -2.13. The zero-order chi connectivity index (χ0) is 14.0. The summed E-state index contributed by atoms with van der Waals surface area (Å²) in [5.74, 6) is -1.67. The summed E-state index contributed by atoms with van der Waals surface area (Å²) in [5, 5.41) is 21.3. The molecule has 0 aliphatic heterocycles.